The van der Waals surface area contributed by atoms with Crippen LogP contribution in [0.25, 0.3) is 0 Å². The Morgan fingerprint density at radius 1 is 1.24 bits per heavy atom. The van der Waals surface area contributed by atoms with Crippen LogP contribution in [0.15, 0.2) is 53.6 Å². The number of benzene rings is 2. The van der Waals surface area contributed by atoms with E-state index in [1.165, 1.54) is 0 Å². The summed E-state index contributed by atoms with van der Waals surface area (Å²) in [5.74, 6) is 4.92. The minimum atomic E-state index is -0.497. The van der Waals surface area contributed by atoms with Crippen LogP contribution >= 0.6 is 12.2 Å². The van der Waals surface area contributed by atoms with E-state index < -0.39 is 6.10 Å². The lowest BCUT2D eigenvalue weighted by Crippen LogP contribution is -2.37. The molecule has 0 amide bonds. The van der Waals surface area contributed by atoms with Crippen molar-refractivity contribution in [1.82, 2.24) is 10.9 Å². The van der Waals surface area contributed by atoms with Gasteiger partial charge in [-0.25, -0.2) is 10.6 Å². The van der Waals surface area contributed by atoms with Crippen molar-refractivity contribution in [3.63, 3.8) is 0 Å². The van der Waals surface area contributed by atoms with Gasteiger partial charge in [0.15, 0.2) is 0 Å². The highest BCUT2D eigenvalue weighted by Crippen LogP contribution is 2.34. The summed E-state index contributed by atoms with van der Waals surface area (Å²) >= 11 is 4.92. The molecule has 3 rings (SSSR count). The Morgan fingerprint density at radius 2 is 1.96 bits per heavy atom. The molecule has 2 aromatic carbocycles. The first-order valence-corrected chi connectivity index (χ1v) is 7.92. The number of carbonyl (C=O) groups excluding carboxylic acids is 1. The van der Waals surface area contributed by atoms with E-state index in [4.69, 9.17) is 22.8 Å². The molecule has 0 saturated heterocycles. The Labute approximate surface area is 149 Å². The fourth-order valence-electron chi connectivity index (χ4n) is 2.63. The number of nitrogens with two attached hydrogens (primary N) is 1. The van der Waals surface area contributed by atoms with Crippen molar-refractivity contribution in [2.75, 3.05) is 0 Å². The zero-order valence-electron chi connectivity index (χ0n) is 13.1. The maximum absolute atomic E-state index is 12.0. The summed E-state index contributed by atoms with van der Waals surface area (Å²) in [4.78, 5) is 12.0. The molecule has 1 atom stereocenters. The maximum Gasteiger partial charge on any atom is 0.339 e. The highest BCUT2D eigenvalue weighted by atomic mass is 32.1. The Hall–Kier alpha value is -2.97. The quantitative estimate of drug-likeness (QED) is 0.217. The third kappa shape index (κ3) is 3.59. The van der Waals surface area contributed by atoms with Crippen molar-refractivity contribution >= 4 is 29.0 Å². The monoisotopic (exact) mass is 356 g/mol. The Balaban J connectivity index is 1.93. The van der Waals surface area contributed by atoms with Gasteiger partial charge in [-0.2, -0.15) is 5.10 Å². The summed E-state index contributed by atoms with van der Waals surface area (Å²) in [6.07, 6.45) is -0.233. The number of nitrogens with one attached hydrogen (secondary N) is 2. The standard InChI is InChI=1S/C17H16N4O3S/c18-19-17(25)21-20-13(12-7-3-4-8-14(12)22)9-15-10-5-1-2-6-11(10)16(23)24-15/h1-8,15,22H,9,18H2,(H2,19,21,25)/b20-13+. The van der Waals surface area contributed by atoms with Gasteiger partial charge >= 0.3 is 5.97 Å². The number of thiocarbonyl (C=S) groups is 1. The number of hydrogen-bond acceptors (Lipinski definition) is 6. The number of esters is 1. The topological polar surface area (TPSA) is 109 Å². The van der Waals surface area contributed by atoms with Gasteiger partial charge in [0.25, 0.3) is 0 Å². The summed E-state index contributed by atoms with van der Waals surface area (Å²) < 4.78 is 5.45. The molecule has 5 N–H and O–H groups in total. The number of rotatable bonds is 4. The number of carbonyl (C=O) groups is 1. The van der Waals surface area contributed by atoms with E-state index in [2.05, 4.69) is 16.0 Å². The molecule has 0 fully saturated rings. The first-order chi connectivity index (χ1) is 12.1. The molecule has 0 radical (unpaired) electrons. The lowest BCUT2D eigenvalue weighted by atomic mass is 9.97. The largest absolute Gasteiger partial charge is 0.507 e. The molecule has 7 nitrogen and oxygen atoms in total. The number of para-hydroxylation sites is 1. The zero-order chi connectivity index (χ0) is 17.8. The average molecular weight is 356 g/mol. The van der Waals surface area contributed by atoms with E-state index in [-0.39, 0.29) is 23.3 Å². The van der Waals surface area contributed by atoms with Gasteiger partial charge in [-0.15, -0.1) is 0 Å². The Bertz CT molecular complexity index is 853. The second-order valence-corrected chi connectivity index (χ2v) is 5.75. The second kappa shape index (κ2) is 7.29. The van der Waals surface area contributed by atoms with Gasteiger partial charge in [-0.05, 0) is 30.4 Å². The molecule has 0 aromatic heterocycles. The van der Waals surface area contributed by atoms with Gasteiger partial charge in [-0.1, -0.05) is 30.3 Å². The number of nitrogens with zero attached hydrogens (tertiary/aromatic N) is 1. The van der Waals surface area contributed by atoms with E-state index in [1.807, 2.05) is 12.1 Å². The fraction of sp³-hybridized carbons (Fsp3) is 0.118. The third-order valence-corrected chi connectivity index (χ3v) is 4.00. The molecule has 1 aliphatic heterocycles. The van der Waals surface area contributed by atoms with Gasteiger partial charge in [0.05, 0.1) is 11.3 Å². The summed E-state index contributed by atoms with van der Waals surface area (Å²) in [5, 5.41) is 14.5. The first kappa shape index (κ1) is 16.9. The molecule has 1 aliphatic rings. The highest BCUT2D eigenvalue weighted by molar-refractivity contribution is 7.80. The van der Waals surface area contributed by atoms with E-state index in [9.17, 15) is 9.90 Å². The number of hydrazine groups is 1. The summed E-state index contributed by atoms with van der Waals surface area (Å²) in [6, 6.07) is 14.0. The minimum Gasteiger partial charge on any atom is -0.507 e. The number of hydrazone groups is 1. The molecular weight excluding hydrogens is 340 g/mol. The van der Waals surface area contributed by atoms with Crippen LogP contribution in [0.4, 0.5) is 0 Å². The van der Waals surface area contributed by atoms with Crippen LogP contribution in [0, 0.1) is 0 Å². The van der Waals surface area contributed by atoms with Crippen LogP contribution in [0.5, 0.6) is 5.75 Å². The highest BCUT2D eigenvalue weighted by Gasteiger charge is 2.32. The Morgan fingerprint density at radius 3 is 2.72 bits per heavy atom. The van der Waals surface area contributed by atoms with E-state index in [0.29, 0.717) is 16.8 Å². The maximum atomic E-state index is 12.0. The van der Waals surface area contributed by atoms with Gasteiger partial charge < -0.3 is 9.84 Å². The number of phenolic OH excluding ortho intramolecular Hbond substituents is 1. The molecule has 0 spiro atoms. The molecular formula is C17H16N4O3S. The molecule has 2 aromatic rings. The molecule has 0 aliphatic carbocycles. The predicted octanol–water partition coefficient (Wildman–Crippen LogP) is 1.74. The number of ether oxygens (including phenoxy) is 1. The zero-order valence-corrected chi connectivity index (χ0v) is 13.9. The lowest BCUT2D eigenvalue weighted by molar-refractivity contribution is 0.0400. The minimum absolute atomic E-state index is 0.0623. The van der Waals surface area contributed by atoms with Crippen LogP contribution in [-0.4, -0.2) is 21.9 Å². The van der Waals surface area contributed by atoms with Crippen molar-refractivity contribution in [2.24, 2.45) is 10.9 Å². The summed E-state index contributed by atoms with van der Waals surface area (Å²) in [6.45, 7) is 0. The van der Waals surface area contributed by atoms with E-state index in [1.54, 1.807) is 36.4 Å². The third-order valence-electron chi connectivity index (χ3n) is 3.79. The normalized spacial score (nSPS) is 16.1. The molecule has 1 unspecified atom stereocenters. The van der Waals surface area contributed by atoms with Gasteiger partial charge in [0.2, 0.25) is 5.11 Å². The van der Waals surface area contributed by atoms with Crippen LogP contribution < -0.4 is 16.7 Å². The van der Waals surface area contributed by atoms with Crippen molar-refractivity contribution in [2.45, 2.75) is 12.5 Å². The Kier molecular flexibility index (Phi) is 4.92. The van der Waals surface area contributed by atoms with E-state index in [0.717, 1.165) is 5.56 Å². The lowest BCUT2D eigenvalue weighted by Gasteiger charge is -2.14. The second-order valence-electron chi connectivity index (χ2n) is 5.35. The van der Waals surface area contributed by atoms with Crippen molar-refractivity contribution in [3.8, 4) is 5.75 Å². The molecule has 0 bridgehead atoms. The molecule has 128 valence electrons. The van der Waals surface area contributed by atoms with Gasteiger partial charge in [0.1, 0.15) is 11.9 Å². The average Bonchev–Trinajstić information content (AvgIpc) is 2.95. The number of cyclic esters (lactones) is 1. The van der Waals surface area contributed by atoms with E-state index >= 15 is 0 Å². The summed E-state index contributed by atoms with van der Waals surface area (Å²) in [7, 11) is 0. The van der Waals surface area contributed by atoms with Crippen molar-refractivity contribution < 1.29 is 14.6 Å². The van der Waals surface area contributed by atoms with Gasteiger partial charge in [0, 0.05) is 17.5 Å². The number of hydrogen-bond donors (Lipinski definition) is 4. The number of phenols is 1. The van der Waals surface area contributed by atoms with Crippen LogP contribution in [-0.2, 0) is 4.74 Å². The van der Waals surface area contributed by atoms with Gasteiger partial charge in [-0.3, -0.25) is 10.9 Å². The molecule has 8 heteroatoms. The SMILES string of the molecule is NNC(=S)N/N=C(\CC1OC(=O)c2ccccc21)c1ccccc1O. The number of fused-ring (bicyclic) bond motifs is 1. The molecule has 25 heavy (non-hydrogen) atoms. The summed E-state index contributed by atoms with van der Waals surface area (Å²) in [5.41, 5.74) is 7.18. The fourth-order valence-corrected chi connectivity index (χ4v) is 2.68. The van der Waals surface area contributed by atoms with Crippen molar-refractivity contribution in [1.29, 1.82) is 0 Å². The van der Waals surface area contributed by atoms with Crippen LogP contribution in [0.1, 0.15) is 34.0 Å². The smallest absolute Gasteiger partial charge is 0.339 e. The predicted molar refractivity (Wildman–Crippen MR) is 96.9 cm³/mol. The molecule has 0 saturated carbocycles. The molecule has 1 heterocycles. The van der Waals surface area contributed by atoms with Crippen molar-refractivity contribution in [3.05, 3.63) is 65.2 Å². The number of aromatic hydroxyl groups is 1. The van der Waals surface area contributed by atoms with Crippen LogP contribution in [0.3, 0.4) is 0 Å². The van der Waals surface area contributed by atoms with Crippen LogP contribution in [0.2, 0.25) is 0 Å². The first-order valence-electron chi connectivity index (χ1n) is 7.51.